The van der Waals surface area contributed by atoms with Crippen molar-refractivity contribution in [3.05, 3.63) is 0 Å². The monoisotopic (exact) mass is 162 g/mol. The van der Waals surface area contributed by atoms with Crippen LogP contribution in [-0.4, -0.2) is 5.97 Å². The minimum atomic E-state index is -0.249. The predicted molar refractivity (Wildman–Crippen MR) is 38.5 cm³/mol. The molecule has 0 aromatic rings. The quantitative estimate of drug-likeness (QED) is 0.591. The SMILES string of the molecule is O=C(OCl)C1CCCCC1. The van der Waals surface area contributed by atoms with E-state index < -0.39 is 0 Å². The molecule has 0 atom stereocenters. The van der Waals surface area contributed by atoms with Crippen LogP contribution in [0.4, 0.5) is 0 Å². The van der Waals surface area contributed by atoms with E-state index in [0.717, 1.165) is 25.7 Å². The molecular formula is C7H11ClO2. The Morgan fingerprint density at radius 1 is 1.30 bits per heavy atom. The number of hydrogen-bond acceptors (Lipinski definition) is 2. The van der Waals surface area contributed by atoms with Crippen molar-refractivity contribution in [1.29, 1.82) is 0 Å². The average Bonchev–Trinajstić information content (AvgIpc) is 2.05. The van der Waals surface area contributed by atoms with E-state index in [4.69, 9.17) is 11.9 Å². The molecule has 0 saturated heterocycles. The molecule has 10 heavy (non-hydrogen) atoms. The van der Waals surface area contributed by atoms with E-state index in [9.17, 15) is 4.79 Å². The molecule has 0 radical (unpaired) electrons. The zero-order valence-electron chi connectivity index (χ0n) is 5.81. The van der Waals surface area contributed by atoms with Gasteiger partial charge in [0.25, 0.3) is 0 Å². The van der Waals surface area contributed by atoms with Crippen molar-refractivity contribution < 1.29 is 9.08 Å². The maximum atomic E-state index is 10.8. The van der Waals surface area contributed by atoms with E-state index in [1.807, 2.05) is 0 Å². The van der Waals surface area contributed by atoms with Crippen molar-refractivity contribution in [2.45, 2.75) is 32.1 Å². The lowest BCUT2D eigenvalue weighted by Gasteiger charge is -2.17. The van der Waals surface area contributed by atoms with Gasteiger partial charge in [-0.2, -0.15) is 0 Å². The second-order valence-corrected chi connectivity index (χ2v) is 2.89. The van der Waals surface area contributed by atoms with Crippen molar-refractivity contribution in [2.75, 3.05) is 0 Å². The van der Waals surface area contributed by atoms with Crippen molar-refractivity contribution >= 4 is 17.8 Å². The fourth-order valence-corrected chi connectivity index (χ4v) is 1.53. The Labute approximate surface area is 65.7 Å². The van der Waals surface area contributed by atoms with Gasteiger partial charge in [-0.1, -0.05) is 19.3 Å². The summed E-state index contributed by atoms with van der Waals surface area (Å²) < 4.78 is 4.12. The fourth-order valence-electron chi connectivity index (χ4n) is 1.40. The maximum Gasteiger partial charge on any atom is 0.327 e. The lowest BCUT2D eigenvalue weighted by atomic mass is 9.90. The number of carbonyl (C=O) groups excluding carboxylic acids is 1. The highest BCUT2D eigenvalue weighted by Gasteiger charge is 2.21. The lowest BCUT2D eigenvalue weighted by molar-refractivity contribution is -0.139. The largest absolute Gasteiger partial charge is 0.347 e. The van der Waals surface area contributed by atoms with Gasteiger partial charge >= 0.3 is 5.97 Å². The van der Waals surface area contributed by atoms with Gasteiger partial charge in [0, 0.05) is 0 Å². The fraction of sp³-hybridized carbons (Fsp3) is 0.857. The van der Waals surface area contributed by atoms with Crippen LogP contribution in [0, 0.1) is 5.92 Å². The van der Waals surface area contributed by atoms with E-state index in [1.165, 1.54) is 6.42 Å². The summed E-state index contributed by atoms with van der Waals surface area (Å²) in [6, 6.07) is 0. The molecule has 0 heterocycles. The maximum absolute atomic E-state index is 10.8. The first-order valence-corrected chi connectivity index (χ1v) is 3.98. The van der Waals surface area contributed by atoms with Crippen LogP contribution in [0.2, 0.25) is 0 Å². The summed E-state index contributed by atoms with van der Waals surface area (Å²) in [6.45, 7) is 0. The molecule has 58 valence electrons. The van der Waals surface area contributed by atoms with E-state index in [1.54, 1.807) is 0 Å². The van der Waals surface area contributed by atoms with Gasteiger partial charge in [0.1, 0.15) is 11.9 Å². The minimum Gasteiger partial charge on any atom is -0.347 e. The molecule has 0 aromatic heterocycles. The summed E-state index contributed by atoms with van der Waals surface area (Å²) in [5.74, 6) is -0.174. The lowest BCUT2D eigenvalue weighted by Crippen LogP contribution is -2.17. The Morgan fingerprint density at radius 3 is 2.40 bits per heavy atom. The van der Waals surface area contributed by atoms with E-state index in [0.29, 0.717) is 0 Å². The van der Waals surface area contributed by atoms with Gasteiger partial charge in [-0.15, -0.1) is 0 Å². The Bertz CT molecular complexity index is 119. The molecule has 1 rings (SSSR count). The van der Waals surface area contributed by atoms with E-state index in [-0.39, 0.29) is 11.9 Å². The molecule has 1 aliphatic rings. The van der Waals surface area contributed by atoms with E-state index in [2.05, 4.69) is 4.29 Å². The molecule has 0 N–H and O–H groups in total. The summed E-state index contributed by atoms with van der Waals surface area (Å²) >= 11 is 4.94. The van der Waals surface area contributed by atoms with Crippen molar-refractivity contribution in [3.63, 3.8) is 0 Å². The molecule has 0 aromatic carbocycles. The second kappa shape index (κ2) is 3.81. The second-order valence-electron chi connectivity index (χ2n) is 2.73. The van der Waals surface area contributed by atoms with Crippen LogP contribution in [0.3, 0.4) is 0 Å². The third kappa shape index (κ3) is 1.87. The van der Waals surface area contributed by atoms with Gasteiger partial charge < -0.3 is 4.29 Å². The molecule has 0 spiro atoms. The highest BCUT2D eigenvalue weighted by atomic mass is 35.5. The molecule has 3 heteroatoms. The molecule has 1 aliphatic carbocycles. The van der Waals surface area contributed by atoms with Gasteiger partial charge in [0.2, 0.25) is 0 Å². The Balaban J connectivity index is 2.31. The summed E-state index contributed by atoms with van der Waals surface area (Å²) in [6.07, 6.45) is 5.41. The topological polar surface area (TPSA) is 26.3 Å². The van der Waals surface area contributed by atoms with Crippen molar-refractivity contribution in [2.24, 2.45) is 5.92 Å². The predicted octanol–water partition coefficient (Wildman–Crippen LogP) is 2.26. The van der Waals surface area contributed by atoms with Gasteiger partial charge in [-0.05, 0) is 12.8 Å². The van der Waals surface area contributed by atoms with Crippen LogP contribution >= 0.6 is 11.9 Å². The van der Waals surface area contributed by atoms with Crippen LogP contribution in [0.15, 0.2) is 0 Å². The molecule has 1 fully saturated rings. The van der Waals surface area contributed by atoms with Crippen LogP contribution < -0.4 is 0 Å². The van der Waals surface area contributed by atoms with Crippen molar-refractivity contribution in [3.8, 4) is 0 Å². The Kier molecular flexibility index (Phi) is 3.00. The van der Waals surface area contributed by atoms with Crippen LogP contribution in [0.5, 0.6) is 0 Å². The average molecular weight is 163 g/mol. The van der Waals surface area contributed by atoms with Gasteiger partial charge in [0.05, 0.1) is 5.92 Å². The zero-order chi connectivity index (χ0) is 7.40. The number of halogens is 1. The third-order valence-corrected chi connectivity index (χ3v) is 2.17. The summed E-state index contributed by atoms with van der Waals surface area (Å²) in [4.78, 5) is 10.8. The molecule has 1 saturated carbocycles. The Hall–Kier alpha value is -0.240. The highest BCUT2D eigenvalue weighted by molar-refractivity contribution is 6.13. The van der Waals surface area contributed by atoms with Crippen molar-refractivity contribution in [1.82, 2.24) is 0 Å². The normalized spacial score (nSPS) is 20.5. The highest BCUT2D eigenvalue weighted by Crippen LogP contribution is 2.24. The molecule has 2 nitrogen and oxygen atoms in total. The van der Waals surface area contributed by atoms with Gasteiger partial charge in [0.15, 0.2) is 0 Å². The molecule has 0 amide bonds. The molecular weight excluding hydrogens is 152 g/mol. The van der Waals surface area contributed by atoms with E-state index >= 15 is 0 Å². The number of rotatable bonds is 1. The number of hydrogen-bond donors (Lipinski definition) is 0. The van der Waals surface area contributed by atoms with Crippen LogP contribution in [0.1, 0.15) is 32.1 Å². The standard InChI is InChI=1S/C7H11ClO2/c8-10-7(9)6-4-2-1-3-5-6/h6H,1-5H2. The third-order valence-electron chi connectivity index (χ3n) is 2.01. The van der Waals surface area contributed by atoms with Crippen LogP contribution in [0.25, 0.3) is 0 Å². The molecule has 0 unspecified atom stereocenters. The first-order chi connectivity index (χ1) is 4.84. The number of carbonyl (C=O) groups is 1. The van der Waals surface area contributed by atoms with Gasteiger partial charge in [-0.25, -0.2) is 0 Å². The molecule has 0 bridgehead atoms. The summed E-state index contributed by atoms with van der Waals surface area (Å²) in [5.41, 5.74) is 0. The minimum absolute atomic E-state index is 0.0752. The summed E-state index contributed by atoms with van der Waals surface area (Å²) in [7, 11) is 0. The first kappa shape index (κ1) is 7.86. The summed E-state index contributed by atoms with van der Waals surface area (Å²) in [5, 5.41) is 0. The first-order valence-electron chi connectivity index (χ1n) is 3.67. The van der Waals surface area contributed by atoms with Gasteiger partial charge in [-0.3, -0.25) is 4.79 Å². The smallest absolute Gasteiger partial charge is 0.327 e. The zero-order valence-corrected chi connectivity index (χ0v) is 6.56. The molecule has 0 aliphatic heterocycles. The Morgan fingerprint density at radius 2 is 1.90 bits per heavy atom. The van der Waals surface area contributed by atoms with Crippen LogP contribution in [-0.2, 0) is 9.08 Å².